The van der Waals surface area contributed by atoms with Gasteiger partial charge in [0, 0.05) is 24.8 Å². The summed E-state index contributed by atoms with van der Waals surface area (Å²) in [5, 5.41) is 12.1. The number of rotatable bonds is 3. The van der Waals surface area contributed by atoms with Gasteiger partial charge in [0.25, 0.3) is 0 Å². The Morgan fingerprint density at radius 3 is 2.62 bits per heavy atom. The van der Waals surface area contributed by atoms with E-state index in [1.165, 1.54) is 12.1 Å². The number of halogens is 3. The minimum absolute atomic E-state index is 0.00355. The Morgan fingerprint density at radius 1 is 1.29 bits per heavy atom. The Balaban J connectivity index is 1.97. The van der Waals surface area contributed by atoms with Crippen LogP contribution in [0.3, 0.4) is 0 Å². The van der Waals surface area contributed by atoms with Gasteiger partial charge in [-0.15, -0.1) is 0 Å². The highest BCUT2D eigenvalue weighted by molar-refractivity contribution is 5.41. The maximum atomic E-state index is 12.6. The van der Waals surface area contributed by atoms with Crippen molar-refractivity contribution in [3.05, 3.63) is 47.1 Å². The van der Waals surface area contributed by atoms with Crippen LogP contribution in [0, 0.1) is 6.92 Å². The van der Waals surface area contributed by atoms with E-state index in [-0.39, 0.29) is 12.8 Å². The smallest absolute Gasteiger partial charge is 0.396 e. The predicted molar refractivity (Wildman–Crippen MR) is 82.1 cm³/mol. The second-order valence-electron chi connectivity index (χ2n) is 5.41. The van der Waals surface area contributed by atoms with Crippen LogP contribution in [0.15, 0.2) is 35.3 Å². The average molecular weight is 339 g/mol. The first-order valence-electron chi connectivity index (χ1n) is 7.33. The molecular formula is C15H16F3N5O. The molecule has 1 unspecified atom stereocenters. The van der Waals surface area contributed by atoms with Crippen molar-refractivity contribution in [2.75, 3.05) is 17.3 Å². The van der Waals surface area contributed by atoms with Gasteiger partial charge in [-0.2, -0.15) is 13.2 Å². The largest absolute Gasteiger partial charge is 0.416 e. The molecule has 3 rings (SSSR count). The summed E-state index contributed by atoms with van der Waals surface area (Å²) < 4.78 is 39.5. The standard InChI is InChI=1S/C15H16F3N5O/c1-9-8-13(23-14(19-9)21-12(22-23)6-7-24)20-11-4-2-10(3-5-11)15(16,17)18/h2-5,8,12,22,24H,6-7H2,1H3,(H,19,21). The van der Waals surface area contributed by atoms with Crippen molar-refractivity contribution in [2.24, 2.45) is 4.99 Å². The van der Waals surface area contributed by atoms with E-state index in [2.05, 4.69) is 20.7 Å². The lowest BCUT2D eigenvalue weighted by Crippen LogP contribution is -2.31. The van der Waals surface area contributed by atoms with Crippen LogP contribution in [0.1, 0.15) is 17.7 Å². The first kappa shape index (κ1) is 16.3. The molecule has 0 bridgehead atoms. The number of nitrogens with one attached hydrogen (secondary N) is 2. The van der Waals surface area contributed by atoms with Crippen molar-refractivity contribution in [1.82, 2.24) is 9.66 Å². The third-order valence-corrected chi connectivity index (χ3v) is 3.51. The van der Waals surface area contributed by atoms with Crippen molar-refractivity contribution in [2.45, 2.75) is 25.7 Å². The highest BCUT2D eigenvalue weighted by Gasteiger charge is 2.30. The average Bonchev–Trinajstić information content (AvgIpc) is 2.90. The van der Waals surface area contributed by atoms with Crippen LogP contribution in [0.25, 0.3) is 0 Å². The molecule has 1 aromatic carbocycles. The summed E-state index contributed by atoms with van der Waals surface area (Å²) >= 11 is 0. The Bertz CT molecular complexity index is 798. The molecule has 2 heterocycles. The molecule has 0 amide bonds. The zero-order valence-electron chi connectivity index (χ0n) is 12.8. The fourth-order valence-electron chi connectivity index (χ4n) is 2.38. The first-order chi connectivity index (χ1) is 11.4. The summed E-state index contributed by atoms with van der Waals surface area (Å²) in [6.45, 7) is 1.80. The molecule has 0 saturated heterocycles. The molecule has 3 N–H and O–H groups in total. The Labute approximate surface area is 135 Å². The van der Waals surface area contributed by atoms with Gasteiger partial charge in [-0.3, -0.25) is 5.43 Å². The molecule has 0 aliphatic carbocycles. The quantitative estimate of drug-likeness (QED) is 0.801. The van der Waals surface area contributed by atoms with E-state index >= 15 is 0 Å². The fourth-order valence-corrected chi connectivity index (χ4v) is 2.38. The van der Waals surface area contributed by atoms with Gasteiger partial charge in [0.2, 0.25) is 5.95 Å². The number of alkyl halides is 3. The summed E-state index contributed by atoms with van der Waals surface area (Å²) in [5.74, 6) is 0.541. The van der Waals surface area contributed by atoms with Crippen LogP contribution in [-0.4, -0.2) is 27.5 Å². The van der Waals surface area contributed by atoms with Crippen molar-refractivity contribution >= 4 is 11.6 Å². The second kappa shape index (κ2) is 6.16. The monoisotopic (exact) mass is 339 g/mol. The number of fused-ring (bicyclic) bond motifs is 1. The number of aryl methyl sites for hydroxylation is 1. The Morgan fingerprint density at radius 2 is 2.00 bits per heavy atom. The van der Waals surface area contributed by atoms with Crippen molar-refractivity contribution < 1.29 is 18.3 Å². The lowest BCUT2D eigenvalue weighted by atomic mass is 10.2. The zero-order chi connectivity index (χ0) is 17.3. The van der Waals surface area contributed by atoms with Gasteiger partial charge in [0.15, 0.2) is 5.49 Å². The van der Waals surface area contributed by atoms with Crippen LogP contribution >= 0.6 is 0 Å². The SMILES string of the molecule is Cc1cc(=Nc2ccc(C(F)(F)F)cc2)n2c(n1)NC(CCO)N2. The maximum Gasteiger partial charge on any atom is 0.416 e. The van der Waals surface area contributed by atoms with E-state index in [4.69, 9.17) is 5.11 Å². The van der Waals surface area contributed by atoms with E-state index in [1.807, 2.05) is 0 Å². The molecule has 0 saturated carbocycles. The number of aliphatic hydroxyl groups is 1. The van der Waals surface area contributed by atoms with E-state index < -0.39 is 11.7 Å². The van der Waals surface area contributed by atoms with Crippen molar-refractivity contribution in [3.8, 4) is 0 Å². The number of aliphatic hydroxyl groups excluding tert-OH is 1. The van der Waals surface area contributed by atoms with Crippen LogP contribution in [-0.2, 0) is 6.18 Å². The molecule has 6 nitrogen and oxygen atoms in total. The predicted octanol–water partition coefficient (Wildman–Crippen LogP) is 2.12. The number of hydrogen-bond acceptors (Lipinski definition) is 5. The number of aromatic nitrogens is 2. The van der Waals surface area contributed by atoms with Gasteiger partial charge >= 0.3 is 6.18 Å². The molecule has 2 aromatic rings. The summed E-state index contributed by atoms with van der Waals surface area (Å²) in [6, 6.07) is 6.35. The summed E-state index contributed by atoms with van der Waals surface area (Å²) in [7, 11) is 0. The molecule has 1 aromatic heterocycles. The van der Waals surface area contributed by atoms with Crippen LogP contribution in [0.2, 0.25) is 0 Å². The molecule has 9 heteroatoms. The third-order valence-electron chi connectivity index (χ3n) is 3.51. The molecule has 1 aliphatic rings. The first-order valence-corrected chi connectivity index (χ1v) is 7.33. The molecule has 0 radical (unpaired) electrons. The van der Waals surface area contributed by atoms with E-state index in [9.17, 15) is 13.2 Å². The molecule has 0 fully saturated rings. The highest BCUT2D eigenvalue weighted by atomic mass is 19.4. The summed E-state index contributed by atoms with van der Waals surface area (Å²) in [5.41, 5.74) is 4.00. The van der Waals surface area contributed by atoms with Gasteiger partial charge in [-0.05, 0) is 31.2 Å². The molecule has 128 valence electrons. The number of anilines is 1. The minimum Gasteiger partial charge on any atom is -0.396 e. The number of nitrogens with zero attached hydrogens (tertiary/aromatic N) is 3. The van der Waals surface area contributed by atoms with Gasteiger partial charge in [0.1, 0.15) is 6.17 Å². The molecular weight excluding hydrogens is 323 g/mol. The van der Waals surface area contributed by atoms with Crippen molar-refractivity contribution in [3.63, 3.8) is 0 Å². The summed E-state index contributed by atoms with van der Waals surface area (Å²) in [6.07, 6.45) is -4.08. The van der Waals surface area contributed by atoms with Crippen molar-refractivity contribution in [1.29, 1.82) is 0 Å². The van der Waals surface area contributed by atoms with E-state index in [0.717, 1.165) is 12.1 Å². The molecule has 1 atom stereocenters. The normalized spacial score (nSPS) is 17.4. The number of hydrogen-bond donors (Lipinski definition) is 3. The Kier molecular flexibility index (Phi) is 4.18. The van der Waals surface area contributed by atoms with Gasteiger partial charge in [-0.25, -0.2) is 14.7 Å². The minimum atomic E-state index is -4.37. The fraction of sp³-hybridized carbons (Fsp3) is 0.333. The lowest BCUT2D eigenvalue weighted by Gasteiger charge is -2.09. The lowest BCUT2D eigenvalue weighted by molar-refractivity contribution is -0.137. The maximum absolute atomic E-state index is 12.6. The van der Waals surface area contributed by atoms with Gasteiger partial charge in [-0.1, -0.05) is 0 Å². The Hall–Kier alpha value is -2.55. The summed E-state index contributed by atoms with van der Waals surface area (Å²) in [4.78, 5) is 8.72. The topological polar surface area (TPSA) is 74.5 Å². The third kappa shape index (κ3) is 3.35. The molecule has 1 aliphatic heterocycles. The van der Waals surface area contributed by atoms with Crippen LogP contribution in [0.5, 0.6) is 0 Å². The second-order valence-corrected chi connectivity index (χ2v) is 5.41. The van der Waals surface area contributed by atoms with Gasteiger partial charge < -0.3 is 10.4 Å². The zero-order valence-corrected chi connectivity index (χ0v) is 12.8. The number of benzene rings is 1. The van der Waals surface area contributed by atoms with E-state index in [1.54, 1.807) is 17.7 Å². The van der Waals surface area contributed by atoms with E-state index in [0.29, 0.717) is 29.2 Å². The van der Waals surface area contributed by atoms with Gasteiger partial charge in [0.05, 0.1) is 11.3 Å². The van der Waals surface area contributed by atoms with Crippen LogP contribution < -0.4 is 16.2 Å². The highest BCUT2D eigenvalue weighted by Crippen LogP contribution is 2.30. The van der Waals surface area contributed by atoms with Crippen LogP contribution in [0.4, 0.5) is 24.8 Å². The molecule has 0 spiro atoms. The molecule has 24 heavy (non-hydrogen) atoms.